The first-order valence-electron chi connectivity index (χ1n) is 5.74. The molecule has 0 aliphatic carbocycles. The Morgan fingerprint density at radius 1 is 1.16 bits per heavy atom. The first kappa shape index (κ1) is 13.5. The van der Waals surface area contributed by atoms with Crippen LogP contribution in [0, 0.1) is 5.41 Å². The molecule has 0 atom stereocenters. The van der Waals surface area contributed by atoms with E-state index in [0.717, 1.165) is 10.5 Å². The van der Waals surface area contributed by atoms with E-state index in [-0.39, 0.29) is 6.54 Å². The van der Waals surface area contributed by atoms with Gasteiger partial charge in [-0.2, -0.15) is 0 Å². The largest absolute Gasteiger partial charge is 0.331 e. The molecular formula is C13H13ClN2O3. The van der Waals surface area contributed by atoms with E-state index in [1.807, 2.05) is 0 Å². The second-order valence-electron chi connectivity index (χ2n) is 4.90. The summed E-state index contributed by atoms with van der Waals surface area (Å²) in [5.74, 6) is -1.08. The molecule has 0 unspecified atom stereocenters. The molecule has 5 nitrogen and oxygen atoms in total. The highest BCUT2D eigenvalue weighted by Gasteiger charge is 2.46. The highest BCUT2D eigenvalue weighted by Crippen LogP contribution is 2.24. The number of hydrogen-bond acceptors (Lipinski definition) is 3. The van der Waals surface area contributed by atoms with E-state index in [9.17, 15) is 14.4 Å². The third-order valence-corrected chi connectivity index (χ3v) is 3.32. The second-order valence-corrected chi connectivity index (χ2v) is 5.34. The Kier molecular flexibility index (Phi) is 3.32. The second kappa shape index (κ2) is 4.66. The summed E-state index contributed by atoms with van der Waals surface area (Å²) >= 11 is 5.77. The molecule has 1 saturated heterocycles. The van der Waals surface area contributed by atoms with Crippen LogP contribution >= 0.6 is 11.6 Å². The SMILES string of the molecule is CC1(C)C(=O)NC(=O)N(Cc2ccc(Cl)cc2)C1=O. The van der Waals surface area contributed by atoms with E-state index in [0.29, 0.717) is 5.02 Å². The maximum absolute atomic E-state index is 12.2. The highest BCUT2D eigenvalue weighted by atomic mass is 35.5. The number of barbiturate groups is 1. The molecular weight excluding hydrogens is 268 g/mol. The molecule has 19 heavy (non-hydrogen) atoms. The monoisotopic (exact) mass is 280 g/mol. The van der Waals surface area contributed by atoms with Crippen molar-refractivity contribution in [3.05, 3.63) is 34.9 Å². The van der Waals surface area contributed by atoms with E-state index in [1.165, 1.54) is 13.8 Å². The van der Waals surface area contributed by atoms with Crippen LogP contribution in [-0.4, -0.2) is 22.7 Å². The topological polar surface area (TPSA) is 66.5 Å². The third-order valence-electron chi connectivity index (χ3n) is 3.07. The lowest BCUT2D eigenvalue weighted by Crippen LogP contribution is -2.61. The molecule has 1 aliphatic rings. The number of carbonyl (C=O) groups is 3. The van der Waals surface area contributed by atoms with Crippen LogP contribution in [-0.2, 0) is 16.1 Å². The number of nitrogens with zero attached hydrogens (tertiary/aromatic N) is 1. The maximum atomic E-state index is 12.2. The lowest BCUT2D eigenvalue weighted by Gasteiger charge is -2.34. The van der Waals surface area contributed by atoms with E-state index < -0.39 is 23.3 Å². The zero-order chi connectivity index (χ0) is 14.2. The first-order valence-corrected chi connectivity index (χ1v) is 6.12. The minimum Gasteiger partial charge on any atom is -0.277 e. The van der Waals surface area contributed by atoms with Crippen LogP contribution in [0.5, 0.6) is 0 Å². The molecule has 1 aliphatic heterocycles. The molecule has 1 aromatic rings. The summed E-state index contributed by atoms with van der Waals surface area (Å²) in [7, 11) is 0. The Labute approximate surface area is 115 Å². The highest BCUT2D eigenvalue weighted by molar-refractivity contribution is 6.30. The van der Waals surface area contributed by atoms with Crippen LogP contribution in [0.15, 0.2) is 24.3 Å². The average molecular weight is 281 g/mol. The third kappa shape index (κ3) is 2.46. The summed E-state index contributed by atoms with van der Waals surface area (Å²) in [5.41, 5.74) is -0.474. The minimum absolute atomic E-state index is 0.110. The van der Waals surface area contributed by atoms with Crippen LogP contribution in [0.4, 0.5) is 4.79 Å². The number of halogens is 1. The number of urea groups is 1. The zero-order valence-electron chi connectivity index (χ0n) is 10.6. The van der Waals surface area contributed by atoms with Gasteiger partial charge in [-0.05, 0) is 31.5 Å². The smallest absolute Gasteiger partial charge is 0.277 e. The van der Waals surface area contributed by atoms with Gasteiger partial charge in [-0.1, -0.05) is 23.7 Å². The molecule has 1 aromatic carbocycles. The number of carbonyl (C=O) groups excluding carboxylic acids is 3. The van der Waals surface area contributed by atoms with Gasteiger partial charge in [0.2, 0.25) is 11.8 Å². The van der Waals surface area contributed by atoms with Crippen LogP contribution in [0.3, 0.4) is 0 Å². The Bertz CT molecular complexity index is 552. The van der Waals surface area contributed by atoms with Gasteiger partial charge in [-0.25, -0.2) is 4.79 Å². The zero-order valence-corrected chi connectivity index (χ0v) is 11.3. The van der Waals surface area contributed by atoms with Crippen LogP contribution in [0.25, 0.3) is 0 Å². The molecule has 2 rings (SSSR count). The van der Waals surface area contributed by atoms with Gasteiger partial charge in [0.05, 0.1) is 6.54 Å². The molecule has 0 aromatic heterocycles. The fourth-order valence-corrected chi connectivity index (χ4v) is 1.89. The van der Waals surface area contributed by atoms with E-state index in [1.54, 1.807) is 24.3 Å². The molecule has 0 saturated carbocycles. The number of imide groups is 2. The van der Waals surface area contributed by atoms with Crippen LogP contribution in [0.2, 0.25) is 5.02 Å². The van der Waals surface area contributed by atoms with Crippen molar-refractivity contribution in [2.45, 2.75) is 20.4 Å². The molecule has 0 radical (unpaired) electrons. The van der Waals surface area contributed by atoms with Gasteiger partial charge in [-0.3, -0.25) is 19.8 Å². The maximum Gasteiger partial charge on any atom is 0.331 e. The molecule has 1 N–H and O–H groups in total. The number of amides is 4. The van der Waals surface area contributed by atoms with Crippen molar-refractivity contribution in [2.75, 3.05) is 0 Å². The lowest BCUT2D eigenvalue weighted by atomic mass is 9.88. The molecule has 4 amide bonds. The summed E-state index contributed by atoms with van der Waals surface area (Å²) in [6, 6.07) is 6.13. The fraction of sp³-hybridized carbons (Fsp3) is 0.308. The Morgan fingerprint density at radius 2 is 1.74 bits per heavy atom. The Hall–Kier alpha value is -1.88. The summed E-state index contributed by atoms with van der Waals surface area (Å²) in [5, 5.41) is 2.76. The molecule has 6 heteroatoms. The van der Waals surface area contributed by atoms with E-state index in [2.05, 4.69) is 5.32 Å². The normalized spacial score (nSPS) is 18.5. The van der Waals surface area contributed by atoms with Gasteiger partial charge in [0.15, 0.2) is 0 Å². The molecule has 1 heterocycles. The van der Waals surface area contributed by atoms with Crippen LogP contribution < -0.4 is 5.32 Å². The van der Waals surface area contributed by atoms with E-state index in [4.69, 9.17) is 11.6 Å². The predicted molar refractivity (Wildman–Crippen MR) is 69.3 cm³/mol. The molecule has 1 fully saturated rings. The van der Waals surface area contributed by atoms with Gasteiger partial charge in [0.1, 0.15) is 5.41 Å². The van der Waals surface area contributed by atoms with Crippen molar-refractivity contribution in [3.63, 3.8) is 0 Å². The van der Waals surface area contributed by atoms with Gasteiger partial charge in [0.25, 0.3) is 0 Å². The average Bonchev–Trinajstić information content (AvgIpc) is 2.35. The van der Waals surface area contributed by atoms with Crippen molar-refractivity contribution >= 4 is 29.4 Å². The van der Waals surface area contributed by atoms with Crippen molar-refractivity contribution in [1.82, 2.24) is 10.2 Å². The fourth-order valence-electron chi connectivity index (χ4n) is 1.76. The van der Waals surface area contributed by atoms with Crippen molar-refractivity contribution in [2.24, 2.45) is 5.41 Å². The van der Waals surface area contributed by atoms with E-state index >= 15 is 0 Å². The summed E-state index contributed by atoms with van der Waals surface area (Å²) in [4.78, 5) is 36.5. The van der Waals surface area contributed by atoms with Crippen molar-refractivity contribution in [3.8, 4) is 0 Å². The predicted octanol–water partition coefficient (Wildman–Crippen LogP) is 1.94. The summed E-state index contributed by atoms with van der Waals surface area (Å²) < 4.78 is 0. The Balaban J connectivity index is 2.24. The summed E-state index contributed by atoms with van der Waals surface area (Å²) in [6.07, 6.45) is 0. The quantitative estimate of drug-likeness (QED) is 0.842. The van der Waals surface area contributed by atoms with Gasteiger partial charge < -0.3 is 0 Å². The number of nitrogens with one attached hydrogen (secondary N) is 1. The minimum atomic E-state index is -1.24. The lowest BCUT2D eigenvalue weighted by molar-refractivity contribution is -0.149. The standard InChI is InChI=1S/C13H13ClN2O3/c1-13(2)10(17)15-12(19)16(11(13)18)7-8-3-5-9(14)6-4-8/h3-6H,7H2,1-2H3,(H,15,17,19). The van der Waals surface area contributed by atoms with Crippen molar-refractivity contribution in [1.29, 1.82) is 0 Å². The number of hydrogen-bond donors (Lipinski definition) is 1. The Morgan fingerprint density at radius 3 is 2.32 bits per heavy atom. The van der Waals surface area contributed by atoms with Crippen LogP contribution in [0.1, 0.15) is 19.4 Å². The summed E-state index contributed by atoms with van der Waals surface area (Å²) in [6.45, 7) is 3.09. The van der Waals surface area contributed by atoms with Gasteiger partial charge >= 0.3 is 6.03 Å². The molecule has 0 spiro atoms. The number of rotatable bonds is 2. The molecule has 0 bridgehead atoms. The molecule has 100 valence electrons. The van der Waals surface area contributed by atoms with Gasteiger partial charge in [0, 0.05) is 5.02 Å². The number of benzene rings is 1. The van der Waals surface area contributed by atoms with Crippen molar-refractivity contribution < 1.29 is 14.4 Å². The van der Waals surface area contributed by atoms with Gasteiger partial charge in [-0.15, -0.1) is 0 Å². The first-order chi connectivity index (χ1) is 8.82.